The van der Waals surface area contributed by atoms with E-state index in [0.717, 1.165) is 17.6 Å². The molecule has 1 N–H and O–H groups in total. The molecule has 23 heavy (non-hydrogen) atoms. The zero-order valence-electron chi connectivity index (χ0n) is 13.0. The first kappa shape index (κ1) is 17.8. The lowest BCUT2D eigenvalue weighted by Gasteiger charge is -2.18. The fourth-order valence-electron chi connectivity index (χ4n) is 1.73. The van der Waals surface area contributed by atoms with Crippen molar-refractivity contribution in [3.63, 3.8) is 0 Å². The van der Waals surface area contributed by atoms with Gasteiger partial charge in [-0.1, -0.05) is 12.1 Å². The van der Waals surface area contributed by atoms with Gasteiger partial charge in [-0.2, -0.15) is 4.37 Å². The molecular formula is C14H18FN3O3S2. The molecule has 2 aromatic rings. The van der Waals surface area contributed by atoms with Crippen LogP contribution < -0.4 is 5.32 Å². The smallest absolute Gasteiger partial charge is 0.202 e. The molecule has 0 aliphatic carbocycles. The maximum atomic E-state index is 13.6. The Labute approximate surface area is 138 Å². The van der Waals surface area contributed by atoms with E-state index in [0.29, 0.717) is 11.0 Å². The number of nitrogens with one attached hydrogen (secondary N) is 1. The van der Waals surface area contributed by atoms with E-state index in [4.69, 9.17) is 4.74 Å². The van der Waals surface area contributed by atoms with E-state index in [9.17, 15) is 12.8 Å². The summed E-state index contributed by atoms with van der Waals surface area (Å²) >= 11 is 1.12. The van der Waals surface area contributed by atoms with Crippen LogP contribution in [0.25, 0.3) is 0 Å². The van der Waals surface area contributed by atoms with Gasteiger partial charge >= 0.3 is 0 Å². The van der Waals surface area contributed by atoms with E-state index in [1.807, 2.05) is 13.8 Å². The molecule has 0 fully saturated rings. The third-order valence-electron chi connectivity index (χ3n) is 3.29. The van der Waals surface area contributed by atoms with E-state index in [1.54, 1.807) is 7.11 Å². The molecular weight excluding hydrogens is 341 g/mol. The summed E-state index contributed by atoms with van der Waals surface area (Å²) in [5.41, 5.74) is -0.615. The molecule has 0 saturated heterocycles. The van der Waals surface area contributed by atoms with Gasteiger partial charge in [-0.05, 0) is 26.0 Å². The van der Waals surface area contributed by atoms with E-state index in [-0.39, 0.29) is 17.2 Å². The summed E-state index contributed by atoms with van der Waals surface area (Å²) in [6, 6.07) is 5.33. The van der Waals surface area contributed by atoms with E-state index in [2.05, 4.69) is 14.7 Å². The van der Waals surface area contributed by atoms with Crippen LogP contribution in [0.4, 0.5) is 9.52 Å². The topological polar surface area (TPSA) is 81.2 Å². The Morgan fingerprint density at radius 1 is 1.35 bits per heavy atom. The quantitative estimate of drug-likeness (QED) is 0.818. The molecule has 1 heterocycles. The van der Waals surface area contributed by atoms with Gasteiger partial charge in [0.2, 0.25) is 5.13 Å². The van der Waals surface area contributed by atoms with E-state index < -0.39 is 21.3 Å². The Hall–Kier alpha value is -1.58. The van der Waals surface area contributed by atoms with Crippen LogP contribution in [0.2, 0.25) is 0 Å². The number of benzene rings is 1. The second-order valence-corrected chi connectivity index (χ2v) is 8.14. The average Bonchev–Trinajstić information content (AvgIpc) is 2.97. The van der Waals surface area contributed by atoms with Crippen molar-refractivity contribution in [1.82, 2.24) is 9.36 Å². The Morgan fingerprint density at radius 3 is 2.70 bits per heavy atom. The summed E-state index contributed by atoms with van der Waals surface area (Å²) in [7, 11) is -2.13. The van der Waals surface area contributed by atoms with Gasteiger partial charge in [-0.3, -0.25) is 0 Å². The molecule has 0 bridgehead atoms. The summed E-state index contributed by atoms with van der Waals surface area (Å²) in [6.07, 6.45) is 0. The molecule has 2 rings (SSSR count). The molecule has 9 heteroatoms. The molecule has 126 valence electrons. The number of nitrogens with zero attached hydrogens (tertiary/aromatic N) is 2. The SMILES string of the molecule is COC(C)(C)c1nsc(NCCS(=O)(=O)c2ccccc2F)n1. The zero-order valence-corrected chi connectivity index (χ0v) is 14.7. The monoisotopic (exact) mass is 359 g/mol. The van der Waals surface area contributed by atoms with Crippen molar-refractivity contribution in [3.8, 4) is 0 Å². The van der Waals surface area contributed by atoms with Crippen molar-refractivity contribution in [3.05, 3.63) is 35.9 Å². The summed E-state index contributed by atoms with van der Waals surface area (Å²) in [6.45, 7) is 3.78. The predicted octanol–water partition coefficient (Wildman–Crippen LogP) is 2.44. The first-order valence-corrected chi connectivity index (χ1v) is 9.29. The largest absolute Gasteiger partial charge is 0.371 e. The summed E-state index contributed by atoms with van der Waals surface area (Å²) in [5.74, 6) is -0.465. The fourth-order valence-corrected chi connectivity index (χ4v) is 3.70. The standard InChI is InChI=1S/C14H18FN3O3S2/c1-14(2,21-3)12-17-13(22-18-12)16-8-9-23(19,20)11-7-5-4-6-10(11)15/h4-7H,8-9H2,1-3H3,(H,16,17,18). The molecule has 0 atom stereocenters. The summed E-state index contributed by atoms with van der Waals surface area (Å²) in [4.78, 5) is 3.97. The van der Waals surface area contributed by atoms with Gasteiger partial charge in [0, 0.05) is 25.2 Å². The highest BCUT2D eigenvalue weighted by Gasteiger charge is 2.25. The van der Waals surface area contributed by atoms with Gasteiger partial charge in [0.25, 0.3) is 0 Å². The Kier molecular flexibility index (Phi) is 5.33. The van der Waals surface area contributed by atoms with Crippen molar-refractivity contribution in [2.45, 2.75) is 24.3 Å². The second-order valence-electron chi connectivity index (χ2n) is 5.31. The van der Waals surface area contributed by atoms with Gasteiger partial charge in [0.1, 0.15) is 16.3 Å². The number of ether oxygens (including phenoxy) is 1. The molecule has 0 aliphatic rings. The predicted molar refractivity (Wildman–Crippen MR) is 86.9 cm³/mol. The van der Waals surface area contributed by atoms with Gasteiger partial charge in [0.05, 0.1) is 5.75 Å². The first-order chi connectivity index (χ1) is 10.8. The van der Waals surface area contributed by atoms with Crippen LogP contribution >= 0.6 is 11.5 Å². The number of aromatic nitrogens is 2. The maximum absolute atomic E-state index is 13.6. The molecule has 0 unspecified atom stereocenters. The van der Waals surface area contributed by atoms with Crippen LogP contribution in [-0.4, -0.2) is 37.2 Å². The molecule has 0 radical (unpaired) electrons. The number of anilines is 1. The molecule has 0 aliphatic heterocycles. The van der Waals surface area contributed by atoms with Crippen LogP contribution in [0.15, 0.2) is 29.2 Å². The second kappa shape index (κ2) is 6.90. The first-order valence-electron chi connectivity index (χ1n) is 6.87. The Morgan fingerprint density at radius 2 is 2.04 bits per heavy atom. The van der Waals surface area contributed by atoms with Gasteiger partial charge in [-0.15, -0.1) is 0 Å². The molecule has 0 spiro atoms. The summed E-state index contributed by atoms with van der Waals surface area (Å²) in [5, 5.41) is 3.39. The third-order valence-corrected chi connectivity index (χ3v) is 5.71. The third kappa shape index (κ3) is 4.24. The van der Waals surface area contributed by atoms with E-state index in [1.165, 1.54) is 18.2 Å². The maximum Gasteiger partial charge on any atom is 0.202 e. The summed E-state index contributed by atoms with van der Waals surface area (Å²) < 4.78 is 47.3. The lowest BCUT2D eigenvalue weighted by atomic mass is 10.1. The highest BCUT2D eigenvalue weighted by Crippen LogP contribution is 2.24. The highest BCUT2D eigenvalue weighted by molar-refractivity contribution is 7.91. The zero-order chi connectivity index (χ0) is 17.1. The van der Waals surface area contributed by atoms with Crippen LogP contribution in [0, 0.1) is 5.82 Å². The number of methoxy groups -OCH3 is 1. The minimum absolute atomic E-state index is 0.110. The fraction of sp³-hybridized carbons (Fsp3) is 0.429. The van der Waals surface area contributed by atoms with Crippen LogP contribution in [-0.2, 0) is 20.2 Å². The van der Waals surface area contributed by atoms with Crippen LogP contribution in [0.3, 0.4) is 0 Å². The molecule has 1 aromatic heterocycles. The van der Waals surface area contributed by atoms with Crippen molar-refractivity contribution >= 4 is 26.5 Å². The molecule has 1 aromatic carbocycles. The van der Waals surface area contributed by atoms with Gasteiger partial charge in [0.15, 0.2) is 15.7 Å². The number of hydrogen-bond donors (Lipinski definition) is 1. The minimum Gasteiger partial charge on any atom is -0.371 e. The van der Waals surface area contributed by atoms with Crippen molar-refractivity contribution in [2.75, 3.05) is 24.7 Å². The normalized spacial score (nSPS) is 12.3. The minimum atomic E-state index is -3.69. The number of hydrogen-bond acceptors (Lipinski definition) is 7. The van der Waals surface area contributed by atoms with Crippen molar-refractivity contribution in [1.29, 1.82) is 0 Å². The lowest BCUT2D eigenvalue weighted by molar-refractivity contribution is 0.0126. The highest BCUT2D eigenvalue weighted by atomic mass is 32.2. The molecule has 0 amide bonds. The number of halogens is 1. The Bertz CT molecular complexity index is 775. The van der Waals surface area contributed by atoms with E-state index >= 15 is 0 Å². The lowest BCUT2D eigenvalue weighted by Crippen LogP contribution is -2.21. The van der Waals surface area contributed by atoms with Crippen LogP contribution in [0.1, 0.15) is 19.7 Å². The molecule has 6 nitrogen and oxygen atoms in total. The number of sulfone groups is 1. The van der Waals surface area contributed by atoms with Gasteiger partial charge < -0.3 is 10.1 Å². The molecule has 0 saturated carbocycles. The van der Waals surface area contributed by atoms with Crippen molar-refractivity contribution in [2.24, 2.45) is 0 Å². The van der Waals surface area contributed by atoms with Crippen molar-refractivity contribution < 1.29 is 17.5 Å². The number of rotatable bonds is 7. The average molecular weight is 359 g/mol. The van der Waals surface area contributed by atoms with Gasteiger partial charge in [-0.25, -0.2) is 17.8 Å². The Balaban J connectivity index is 1.99. The van der Waals surface area contributed by atoms with Crippen LogP contribution in [0.5, 0.6) is 0 Å².